The molecule has 0 aromatic heterocycles. The highest BCUT2D eigenvalue weighted by Gasteiger charge is 2.30. The summed E-state index contributed by atoms with van der Waals surface area (Å²) in [6.45, 7) is 4.64. The molecule has 0 bridgehead atoms. The van der Waals surface area contributed by atoms with Crippen molar-refractivity contribution in [3.05, 3.63) is 35.4 Å². The number of hydrogen-bond acceptors (Lipinski definition) is 2. The van der Waals surface area contributed by atoms with Gasteiger partial charge in [-0.1, -0.05) is 12.1 Å². The lowest BCUT2D eigenvalue weighted by atomic mass is 9.94. The average molecular weight is 261 g/mol. The molecule has 0 fully saturated rings. The van der Waals surface area contributed by atoms with Gasteiger partial charge in [0.05, 0.1) is 12.2 Å². The zero-order chi connectivity index (χ0) is 13.8. The lowest BCUT2D eigenvalue weighted by molar-refractivity contribution is -0.137. The first-order valence-corrected chi connectivity index (χ1v) is 5.77. The average Bonchev–Trinajstić information content (AvgIpc) is 2.25. The SMILES string of the molecule is CCOCC(C)(N)Cc1ccc(C(F)(F)F)cc1. The molecule has 0 saturated heterocycles. The van der Waals surface area contributed by atoms with Crippen LogP contribution in [-0.2, 0) is 17.3 Å². The van der Waals surface area contributed by atoms with E-state index < -0.39 is 17.3 Å². The van der Waals surface area contributed by atoms with Gasteiger partial charge in [-0.2, -0.15) is 13.2 Å². The van der Waals surface area contributed by atoms with Crippen LogP contribution in [0.1, 0.15) is 25.0 Å². The number of alkyl halides is 3. The minimum Gasteiger partial charge on any atom is -0.380 e. The maximum atomic E-state index is 12.4. The number of nitrogens with two attached hydrogens (primary N) is 1. The second-order valence-electron chi connectivity index (χ2n) is 4.66. The van der Waals surface area contributed by atoms with Crippen LogP contribution in [0.25, 0.3) is 0 Å². The Labute approximate surface area is 105 Å². The summed E-state index contributed by atoms with van der Waals surface area (Å²) in [7, 11) is 0. The zero-order valence-corrected chi connectivity index (χ0v) is 10.6. The predicted octanol–water partition coefficient (Wildman–Crippen LogP) is 3.00. The van der Waals surface area contributed by atoms with E-state index in [1.807, 2.05) is 13.8 Å². The fourth-order valence-electron chi connectivity index (χ4n) is 1.66. The van der Waals surface area contributed by atoms with Crippen molar-refractivity contribution < 1.29 is 17.9 Å². The van der Waals surface area contributed by atoms with Crippen LogP contribution in [0.3, 0.4) is 0 Å². The number of halogens is 3. The Hall–Kier alpha value is -1.07. The first-order valence-electron chi connectivity index (χ1n) is 5.77. The van der Waals surface area contributed by atoms with E-state index in [1.165, 1.54) is 12.1 Å². The van der Waals surface area contributed by atoms with E-state index in [0.717, 1.165) is 17.7 Å². The quantitative estimate of drug-likeness (QED) is 0.884. The first kappa shape index (κ1) is 15.0. The van der Waals surface area contributed by atoms with Crippen LogP contribution >= 0.6 is 0 Å². The smallest absolute Gasteiger partial charge is 0.380 e. The zero-order valence-electron chi connectivity index (χ0n) is 10.6. The maximum Gasteiger partial charge on any atom is 0.416 e. The first-order chi connectivity index (χ1) is 8.24. The topological polar surface area (TPSA) is 35.2 Å². The summed E-state index contributed by atoms with van der Waals surface area (Å²) < 4.78 is 42.4. The Kier molecular flexibility index (Phi) is 4.76. The molecule has 0 aliphatic rings. The van der Waals surface area contributed by atoms with E-state index in [4.69, 9.17) is 10.5 Å². The van der Waals surface area contributed by atoms with E-state index in [-0.39, 0.29) is 0 Å². The molecule has 1 aromatic rings. The normalized spacial score (nSPS) is 15.4. The Bertz CT molecular complexity index is 371. The van der Waals surface area contributed by atoms with Gasteiger partial charge in [0.1, 0.15) is 0 Å². The van der Waals surface area contributed by atoms with Crippen LogP contribution in [0, 0.1) is 0 Å². The fourth-order valence-corrected chi connectivity index (χ4v) is 1.66. The third kappa shape index (κ3) is 4.66. The minimum absolute atomic E-state index is 0.379. The number of rotatable bonds is 5. The van der Waals surface area contributed by atoms with Crippen molar-refractivity contribution in [3.63, 3.8) is 0 Å². The summed E-state index contributed by atoms with van der Waals surface area (Å²) in [5.74, 6) is 0. The third-order valence-electron chi connectivity index (χ3n) is 2.53. The molecular weight excluding hydrogens is 243 g/mol. The molecule has 0 aliphatic carbocycles. The molecule has 0 spiro atoms. The number of ether oxygens (including phenoxy) is 1. The van der Waals surface area contributed by atoms with Gasteiger partial charge in [0.2, 0.25) is 0 Å². The predicted molar refractivity (Wildman–Crippen MR) is 64.2 cm³/mol. The summed E-state index contributed by atoms with van der Waals surface area (Å²) >= 11 is 0. The summed E-state index contributed by atoms with van der Waals surface area (Å²) in [6.07, 6.45) is -3.82. The van der Waals surface area contributed by atoms with Crippen molar-refractivity contribution in [1.82, 2.24) is 0 Å². The molecule has 18 heavy (non-hydrogen) atoms. The van der Waals surface area contributed by atoms with Crippen LogP contribution < -0.4 is 5.73 Å². The van der Waals surface area contributed by atoms with Crippen molar-refractivity contribution in [2.75, 3.05) is 13.2 Å². The molecule has 0 saturated carbocycles. The highest BCUT2D eigenvalue weighted by atomic mass is 19.4. The lowest BCUT2D eigenvalue weighted by Gasteiger charge is -2.24. The van der Waals surface area contributed by atoms with Crippen LogP contribution in [0.5, 0.6) is 0 Å². The summed E-state index contributed by atoms with van der Waals surface area (Å²) in [4.78, 5) is 0. The van der Waals surface area contributed by atoms with Crippen LogP contribution in [0.2, 0.25) is 0 Å². The van der Waals surface area contributed by atoms with E-state index in [0.29, 0.717) is 19.6 Å². The molecule has 1 aromatic carbocycles. The number of benzene rings is 1. The minimum atomic E-state index is -4.30. The molecule has 1 atom stereocenters. The molecule has 102 valence electrons. The van der Waals surface area contributed by atoms with Gasteiger partial charge in [0, 0.05) is 12.1 Å². The van der Waals surface area contributed by atoms with E-state index in [1.54, 1.807) is 0 Å². The van der Waals surface area contributed by atoms with Gasteiger partial charge in [0.15, 0.2) is 0 Å². The van der Waals surface area contributed by atoms with Gasteiger partial charge < -0.3 is 10.5 Å². The molecule has 1 rings (SSSR count). The standard InChI is InChI=1S/C13H18F3NO/c1-3-18-9-12(2,17)8-10-4-6-11(7-5-10)13(14,15)16/h4-7H,3,8-9,17H2,1-2H3. The Morgan fingerprint density at radius 1 is 1.17 bits per heavy atom. The monoisotopic (exact) mass is 261 g/mol. The van der Waals surface area contributed by atoms with E-state index >= 15 is 0 Å². The molecule has 0 radical (unpaired) electrons. The molecule has 1 unspecified atom stereocenters. The summed E-state index contributed by atoms with van der Waals surface area (Å²) in [5.41, 5.74) is 5.57. The van der Waals surface area contributed by atoms with Gasteiger partial charge in [0.25, 0.3) is 0 Å². The van der Waals surface area contributed by atoms with Gasteiger partial charge in [-0.25, -0.2) is 0 Å². The Morgan fingerprint density at radius 3 is 2.17 bits per heavy atom. The molecule has 0 aliphatic heterocycles. The fraction of sp³-hybridized carbons (Fsp3) is 0.538. The van der Waals surface area contributed by atoms with Gasteiger partial charge in [-0.05, 0) is 38.0 Å². The molecule has 0 amide bonds. The molecule has 0 heterocycles. The maximum absolute atomic E-state index is 12.4. The molecular formula is C13H18F3NO. The van der Waals surface area contributed by atoms with Crippen molar-refractivity contribution in [2.24, 2.45) is 5.73 Å². The molecule has 2 N–H and O–H groups in total. The van der Waals surface area contributed by atoms with Crippen molar-refractivity contribution in [1.29, 1.82) is 0 Å². The van der Waals surface area contributed by atoms with Gasteiger partial charge in [-0.15, -0.1) is 0 Å². The van der Waals surface area contributed by atoms with Crippen molar-refractivity contribution in [2.45, 2.75) is 32.0 Å². The second-order valence-corrected chi connectivity index (χ2v) is 4.66. The number of hydrogen-bond donors (Lipinski definition) is 1. The van der Waals surface area contributed by atoms with Gasteiger partial charge in [-0.3, -0.25) is 0 Å². The van der Waals surface area contributed by atoms with E-state index in [9.17, 15) is 13.2 Å². The van der Waals surface area contributed by atoms with E-state index in [2.05, 4.69) is 0 Å². The highest BCUT2D eigenvalue weighted by Crippen LogP contribution is 2.29. The Morgan fingerprint density at radius 2 is 1.72 bits per heavy atom. The van der Waals surface area contributed by atoms with Gasteiger partial charge >= 0.3 is 6.18 Å². The Balaban J connectivity index is 2.69. The van der Waals surface area contributed by atoms with Crippen LogP contribution in [0.15, 0.2) is 24.3 Å². The summed E-state index contributed by atoms with van der Waals surface area (Å²) in [6, 6.07) is 5.07. The van der Waals surface area contributed by atoms with Crippen LogP contribution in [0.4, 0.5) is 13.2 Å². The van der Waals surface area contributed by atoms with Crippen molar-refractivity contribution in [3.8, 4) is 0 Å². The second kappa shape index (κ2) is 5.71. The summed E-state index contributed by atoms with van der Waals surface area (Å²) in [5, 5.41) is 0. The van der Waals surface area contributed by atoms with Crippen LogP contribution in [-0.4, -0.2) is 18.8 Å². The molecule has 5 heteroatoms. The lowest BCUT2D eigenvalue weighted by Crippen LogP contribution is -2.43. The van der Waals surface area contributed by atoms with Crippen molar-refractivity contribution >= 4 is 0 Å². The highest BCUT2D eigenvalue weighted by molar-refractivity contribution is 5.25. The largest absolute Gasteiger partial charge is 0.416 e. The third-order valence-corrected chi connectivity index (χ3v) is 2.53. The molecule has 2 nitrogen and oxygen atoms in total.